The summed E-state index contributed by atoms with van der Waals surface area (Å²) in [5, 5.41) is 11.4. The van der Waals surface area contributed by atoms with Gasteiger partial charge in [-0.05, 0) is 41.7 Å². The second kappa shape index (κ2) is 7.64. The van der Waals surface area contributed by atoms with Crippen molar-refractivity contribution in [2.75, 3.05) is 10.6 Å². The van der Waals surface area contributed by atoms with E-state index in [0.717, 1.165) is 11.3 Å². The number of amides is 1. The molecular formula is C25H23ClN4O2. The highest BCUT2D eigenvalue weighted by Crippen LogP contribution is 2.46. The number of allylic oxidation sites excluding steroid dienone is 2. The van der Waals surface area contributed by atoms with Crippen LogP contribution in [0, 0.1) is 5.41 Å². The van der Waals surface area contributed by atoms with Crippen molar-refractivity contribution in [1.82, 2.24) is 9.78 Å². The monoisotopic (exact) mass is 446 g/mol. The molecule has 7 heteroatoms. The number of anilines is 2. The Bertz CT molecular complexity index is 1260. The Morgan fingerprint density at radius 3 is 2.69 bits per heavy atom. The van der Waals surface area contributed by atoms with E-state index in [-0.39, 0.29) is 17.1 Å². The van der Waals surface area contributed by atoms with Gasteiger partial charge in [0.25, 0.3) is 5.91 Å². The van der Waals surface area contributed by atoms with Gasteiger partial charge in [-0.15, -0.1) is 0 Å². The van der Waals surface area contributed by atoms with Gasteiger partial charge < -0.3 is 10.6 Å². The zero-order valence-corrected chi connectivity index (χ0v) is 18.6. The van der Waals surface area contributed by atoms with Crippen LogP contribution in [0.25, 0.3) is 0 Å². The second-order valence-electron chi connectivity index (χ2n) is 9.09. The molecule has 2 aliphatic rings. The van der Waals surface area contributed by atoms with Gasteiger partial charge in [0.15, 0.2) is 5.78 Å². The molecule has 1 amide bonds. The molecule has 6 nitrogen and oxygen atoms in total. The van der Waals surface area contributed by atoms with Crippen LogP contribution in [0.5, 0.6) is 0 Å². The normalized spacial score (nSPS) is 19.1. The zero-order valence-electron chi connectivity index (χ0n) is 17.9. The number of rotatable bonds is 3. The van der Waals surface area contributed by atoms with Gasteiger partial charge in [0.1, 0.15) is 17.4 Å². The first-order valence-corrected chi connectivity index (χ1v) is 10.9. The Morgan fingerprint density at radius 1 is 1.16 bits per heavy atom. The lowest BCUT2D eigenvalue weighted by Gasteiger charge is -2.39. The zero-order chi connectivity index (χ0) is 22.5. The van der Waals surface area contributed by atoms with E-state index in [9.17, 15) is 9.59 Å². The number of Topliss-reactive ketones (excluding diaryl/α,β-unsaturated/α-hetero) is 1. The summed E-state index contributed by atoms with van der Waals surface area (Å²) in [6.45, 7) is 4.17. The van der Waals surface area contributed by atoms with Gasteiger partial charge in [-0.25, -0.2) is 4.68 Å². The van der Waals surface area contributed by atoms with Gasteiger partial charge in [-0.1, -0.05) is 55.8 Å². The van der Waals surface area contributed by atoms with E-state index in [4.69, 9.17) is 11.6 Å². The minimum Gasteiger partial charge on any atom is -0.343 e. The molecule has 0 bridgehead atoms. The molecule has 2 heterocycles. The summed E-state index contributed by atoms with van der Waals surface area (Å²) in [7, 11) is 0. The van der Waals surface area contributed by atoms with Crippen LogP contribution in [0.3, 0.4) is 0 Å². The molecule has 0 radical (unpaired) electrons. The Balaban J connectivity index is 1.61. The minimum atomic E-state index is -0.443. The van der Waals surface area contributed by atoms with E-state index >= 15 is 0 Å². The predicted molar refractivity (Wildman–Crippen MR) is 125 cm³/mol. The lowest BCUT2D eigenvalue weighted by atomic mass is 9.73. The van der Waals surface area contributed by atoms with Crippen LogP contribution in [0.15, 0.2) is 72.1 Å². The number of ketones is 1. The van der Waals surface area contributed by atoms with Gasteiger partial charge in [0, 0.05) is 28.4 Å². The number of fused-ring (bicyclic) bond motifs is 1. The minimum absolute atomic E-state index is 0.0881. The standard InChI is InChI=1S/C25H23ClN4O2/c1-25(2)12-19-21(20(31)13-25)22(15-7-6-8-16(26)11-15)30-23(29-19)18(14-27-30)24(32)28-17-9-4-3-5-10-17/h3-11,14,22,29H,12-13H2,1-2H3,(H,28,32). The van der Waals surface area contributed by atoms with Gasteiger partial charge in [0.05, 0.1) is 6.20 Å². The fourth-order valence-electron chi connectivity index (χ4n) is 4.58. The average Bonchev–Trinajstić information content (AvgIpc) is 3.15. The van der Waals surface area contributed by atoms with Crippen LogP contribution in [0.2, 0.25) is 5.02 Å². The first-order chi connectivity index (χ1) is 15.3. The number of nitrogens with zero attached hydrogens (tertiary/aromatic N) is 2. The van der Waals surface area contributed by atoms with E-state index in [2.05, 4.69) is 29.6 Å². The molecule has 1 aromatic heterocycles. The van der Waals surface area contributed by atoms with Crippen molar-refractivity contribution >= 4 is 34.8 Å². The molecule has 2 aromatic carbocycles. The van der Waals surface area contributed by atoms with Gasteiger partial charge in [-0.3, -0.25) is 9.59 Å². The SMILES string of the molecule is CC1(C)CC(=O)C2=C(C1)Nc1c(C(=O)Nc3ccccc3)cnn1C2c1cccc(Cl)c1. The highest BCUT2D eigenvalue weighted by atomic mass is 35.5. The molecule has 0 saturated heterocycles. The van der Waals surface area contributed by atoms with E-state index in [0.29, 0.717) is 40.5 Å². The van der Waals surface area contributed by atoms with Crippen LogP contribution in [-0.4, -0.2) is 21.5 Å². The van der Waals surface area contributed by atoms with Crippen LogP contribution in [-0.2, 0) is 4.79 Å². The van der Waals surface area contributed by atoms with Gasteiger partial charge in [-0.2, -0.15) is 5.10 Å². The van der Waals surface area contributed by atoms with Crippen molar-refractivity contribution in [2.24, 2.45) is 5.41 Å². The van der Waals surface area contributed by atoms with Crippen molar-refractivity contribution in [3.05, 3.63) is 88.2 Å². The fourth-order valence-corrected chi connectivity index (χ4v) is 4.78. The number of carbonyl (C=O) groups is 2. The maximum Gasteiger partial charge on any atom is 0.261 e. The highest BCUT2D eigenvalue weighted by Gasteiger charge is 2.42. The molecule has 1 aliphatic heterocycles. The Labute approximate surface area is 191 Å². The number of hydrogen-bond donors (Lipinski definition) is 2. The smallest absolute Gasteiger partial charge is 0.261 e. The fraction of sp³-hybridized carbons (Fsp3) is 0.240. The van der Waals surface area contributed by atoms with E-state index in [1.165, 1.54) is 0 Å². The Morgan fingerprint density at radius 2 is 1.94 bits per heavy atom. The van der Waals surface area contributed by atoms with Crippen molar-refractivity contribution in [2.45, 2.75) is 32.7 Å². The number of benzene rings is 2. The first-order valence-electron chi connectivity index (χ1n) is 10.5. The number of carbonyl (C=O) groups excluding carboxylic acids is 2. The van der Waals surface area contributed by atoms with Gasteiger partial charge in [0.2, 0.25) is 0 Å². The number of hydrogen-bond acceptors (Lipinski definition) is 4. The van der Waals surface area contributed by atoms with Crippen molar-refractivity contribution in [3.8, 4) is 0 Å². The summed E-state index contributed by atoms with van der Waals surface area (Å²) >= 11 is 6.28. The van der Waals surface area contributed by atoms with Crippen LogP contribution >= 0.6 is 11.6 Å². The summed E-state index contributed by atoms with van der Waals surface area (Å²) in [5.74, 6) is 0.401. The maximum absolute atomic E-state index is 13.3. The molecule has 32 heavy (non-hydrogen) atoms. The molecule has 1 atom stereocenters. The summed E-state index contributed by atoms with van der Waals surface area (Å²) in [6.07, 6.45) is 2.71. The molecule has 0 saturated carbocycles. The molecule has 0 fully saturated rings. The maximum atomic E-state index is 13.3. The molecule has 0 spiro atoms. The third kappa shape index (κ3) is 3.60. The third-order valence-corrected chi connectivity index (χ3v) is 6.18. The molecule has 162 valence electrons. The molecule has 1 aliphatic carbocycles. The third-order valence-electron chi connectivity index (χ3n) is 5.94. The van der Waals surface area contributed by atoms with Crippen molar-refractivity contribution in [1.29, 1.82) is 0 Å². The van der Waals surface area contributed by atoms with Crippen molar-refractivity contribution in [3.63, 3.8) is 0 Å². The summed E-state index contributed by atoms with van der Waals surface area (Å²) in [5.41, 5.74) is 3.35. The summed E-state index contributed by atoms with van der Waals surface area (Å²) in [6, 6.07) is 16.3. The second-order valence-corrected chi connectivity index (χ2v) is 9.52. The molecule has 2 N–H and O–H groups in total. The lowest BCUT2D eigenvalue weighted by molar-refractivity contribution is -0.118. The van der Waals surface area contributed by atoms with Crippen LogP contribution in [0.1, 0.15) is 48.7 Å². The summed E-state index contributed by atoms with van der Waals surface area (Å²) in [4.78, 5) is 26.3. The Hall–Kier alpha value is -3.38. The summed E-state index contributed by atoms with van der Waals surface area (Å²) < 4.78 is 1.72. The van der Waals surface area contributed by atoms with E-state index in [1.807, 2.05) is 48.5 Å². The van der Waals surface area contributed by atoms with Gasteiger partial charge >= 0.3 is 0 Å². The van der Waals surface area contributed by atoms with Crippen molar-refractivity contribution < 1.29 is 9.59 Å². The molecular weight excluding hydrogens is 424 g/mol. The van der Waals surface area contributed by atoms with Crippen LogP contribution < -0.4 is 10.6 Å². The highest BCUT2D eigenvalue weighted by molar-refractivity contribution is 6.30. The lowest BCUT2D eigenvalue weighted by Crippen LogP contribution is -2.37. The molecule has 5 rings (SSSR count). The molecule has 3 aromatic rings. The average molecular weight is 447 g/mol. The topological polar surface area (TPSA) is 76.0 Å². The number of nitrogens with one attached hydrogen (secondary N) is 2. The van der Waals surface area contributed by atoms with E-state index < -0.39 is 6.04 Å². The number of aromatic nitrogens is 2. The Kier molecular flexibility index (Phi) is 4.90. The molecule has 1 unspecified atom stereocenters. The number of halogens is 1. The number of para-hydroxylation sites is 1. The van der Waals surface area contributed by atoms with Crippen LogP contribution in [0.4, 0.5) is 11.5 Å². The predicted octanol–water partition coefficient (Wildman–Crippen LogP) is 5.45. The largest absolute Gasteiger partial charge is 0.343 e. The first kappa shape index (κ1) is 20.5. The van der Waals surface area contributed by atoms with E-state index in [1.54, 1.807) is 16.9 Å². The quantitative estimate of drug-likeness (QED) is 0.561.